The van der Waals surface area contributed by atoms with Crippen molar-refractivity contribution in [3.05, 3.63) is 17.7 Å². The summed E-state index contributed by atoms with van der Waals surface area (Å²) in [5, 5.41) is -0.539. The number of carbonyl (C=O) groups excluding carboxylic acids is 1. The minimum Gasteiger partial charge on any atom is -0.478 e. The van der Waals surface area contributed by atoms with Gasteiger partial charge >= 0.3 is 0 Å². The third-order valence-electron chi connectivity index (χ3n) is 2.50. The maximum atomic E-state index is 11.2. The third-order valence-corrected chi connectivity index (χ3v) is 2.72. The molecular formula is C14H20ClNO3. The summed E-state index contributed by atoms with van der Waals surface area (Å²) in [7, 11) is 0. The van der Waals surface area contributed by atoms with E-state index in [1.54, 1.807) is 0 Å². The number of rotatable bonds is 9. The molecule has 1 rings (SSSR count). The van der Waals surface area contributed by atoms with Gasteiger partial charge in [-0.2, -0.15) is 4.98 Å². The molecule has 0 bridgehead atoms. The summed E-state index contributed by atoms with van der Waals surface area (Å²) in [4.78, 5) is 15.4. The first-order chi connectivity index (χ1) is 9.17. The highest BCUT2D eigenvalue weighted by molar-refractivity contribution is 6.67. The van der Waals surface area contributed by atoms with E-state index in [9.17, 15) is 4.79 Å². The Balaban J connectivity index is 2.75. The van der Waals surface area contributed by atoms with Crippen molar-refractivity contribution in [3.8, 4) is 11.8 Å². The van der Waals surface area contributed by atoms with Crippen LogP contribution in [-0.4, -0.2) is 23.4 Å². The predicted octanol–water partition coefficient (Wildman–Crippen LogP) is 3.82. The van der Waals surface area contributed by atoms with Crippen LogP contribution in [-0.2, 0) is 0 Å². The van der Waals surface area contributed by atoms with Gasteiger partial charge in [0.05, 0.1) is 13.2 Å². The molecule has 1 aromatic rings. The quantitative estimate of drug-likeness (QED) is 0.511. The van der Waals surface area contributed by atoms with Crippen LogP contribution in [0.1, 0.15) is 49.9 Å². The highest BCUT2D eigenvalue weighted by atomic mass is 35.5. The van der Waals surface area contributed by atoms with E-state index >= 15 is 0 Å². The molecule has 19 heavy (non-hydrogen) atoms. The van der Waals surface area contributed by atoms with Crippen LogP contribution >= 0.6 is 11.6 Å². The smallest absolute Gasteiger partial charge is 0.252 e. The number of halogens is 1. The topological polar surface area (TPSA) is 48.4 Å². The van der Waals surface area contributed by atoms with Crippen LogP contribution in [0.3, 0.4) is 0 Å². The molecule has 0 aromatic carbocycles. The molecule has 0 radical (unpaired) electrons. The third kappa shape index (κ3) is 5.92. The Bertz CT molecular complexity index is 381. The lowest BCUT2D eigenvalue weighted by Gasteiger charge is -2.09. The lowest BCUT2D eigenvalue weighted by atomic mass is 10.3. The Labute approximate surface area is 119 Å². The number of hydrogen-bond acceptors (Lipinski definition) is 4. The van der Waals surface area contributed by atoms with Crippen LogP contribution in [0.4, 0.5) is 0 Å². The second-order valence-corrected chi connectivity index (χ2v) is 4.55. The molecule has 0 aliphatic rings. The van der Waals surface area contributed by atoms with Crippen molar-refractivity contribution in [1.82, 2.24) is 4.98 Å². The van der Waals surface area contributed by atoms with Crippen molar-refractivity contribution in [3.63, 3.8) is 0 Å². The van der Waals surface area contributed by atoms with Gasteiger partial charge in [0, 0.05) is 17.7 Å². The van der Waals surface area contributed by atoms with E-state index in [2.05, 4.69) is 18.8 Å². The number of hydrogen-bond donors (Lipinski definition) is 0. The Morgan fingerprint density at radius 1 is 1.11 bits per heavy atom. The summed E-state index contributed by atoms with van der Waals surface area (Å²) in [5.41, 5.74) is 0.342. The van der Waals surface area contributed by atoms with Crippen molar-refractivity contribution in [2.24, 2.45) is 0 Å². The average molecular weight is 286 g/mol. The zero-order valence-electron chi connectivity index (χ0n) is 11.4. The first-order valence-corrected chi connectivity index (χ1v) is 7.02. The monoisotopic (exact) mass is 285 g/mol. The van der Waals surface area contributed by atoms with Gasteiger partial charge in [0.15, 0.2) is 0 Å². The van der Waals surface area contributed by atoms with E-state index in [0.29, 0.717) is 30.5 Å². The highest BCUT2D eigenvalue weighted by Crippen LogP contribution is 2.20. The molecule has 0 spiro atoms. The average Bonchev–Trinajstić information content (AvgIpc) is 2.39. The fraction of sp³-hybridized carbons (Fsp3) is 0.571. The van der Waals surface area contributed by atoms with Gasteiger partial charge in [-0.05, 0) is 24.4 Å². The van der Waals surface area contributed by atoms with Crippen molar-refractivity contribution >= 4 is 16.8 Å². The summed E-state index contributed by atoms with van der Waals surface area (Å²) in [6, 6.07) is 3.08. The highest BCUT2D eigenvalue weighted by Gasteiger charge is 2.09. The maximum Gasteiger partial charge on any atom is 0.252 e. The Kier molecular flexibility index (Phi) is 7.26. The summed E-state index contributed by atoms with van der Waals surface area (Å²) in [6.45, 7) is 5.29. The van der Waals surface area contributed by atoms with E-state index in [1.165, 1.54) is 12.1 Å². The molecule has 0 fully saturated rings. The van der Waals surface area contributed by atoms with Crippen LogP contribution in [0.2, 0.25) is 0 Å². The number of pyridine rings is 1. The van der Waals surface area contributed by atoms with Crippen molar-refractivity contribution < 1.29 is 14.3 Å². The molecule has 1 heterocycles. The van der Waals surface area contributed by atoms with E-state index in [-0.39, 0.29) is 0 Å². The fourth-order valence-electron chi connectivity index (χ4n) is 1.38. The fourth-order valence-corrected chi connectivity index (χ4v) is 1.49. The number of nitrogens with zero attached hydrogens (tertiary/aromatic N) is 1. The van der Waals surface area contributed by atoms with Crippen molar-refractivity contribution in [2.75, 3.05) is 13.2 Å². The van der Waals surface area contributed by atoms with Gasteiger partial charge in [-0.3, -0.25) is 4.79 Å². The molecule has 1 aromatic heterocycles. The van der Waals surface area contributed by atoms with Crippen LogP contribution in [0, 0.1) is 0 Å². The second-order valence-electron chi connectivity index (χ2n) is 4.21. The van der Waals surface area contributed by atoms with Crippen LogP contribution in [0.15, 0.2) is 12.1 Å². The number of carbonyl (C=O) groups is 1. The van der Waals surface area contributed by atoms with Crippen LogP contribution < -0.4 is 9.47 Å². The van der Waals surface area contributed by atoms with Gasteiger partial charge in [0.1, 0.15) is 0 Å². The molecule has 0 saturated carbocycles. The SMILES string of the molecule is CCCCOc1cc(C(=O)Cl)cc(OCCCC)n1. The normalized spacial score (nSPS) is 10.3. The summed E-state index contributed by atoms with van der Waals surface area (Å²) in [5.74, 6) is 0.762. The molecule has 4 nitrogen and oxygen atoms in total. The summed E-state index contributed by atoms with van der Waals surface area (Å²) in [6.07, 6.45) is 3.95. The van der Waals surface area contributed by atoms with Gasteiger partial charge in [-0.25, -0.2) is 0 Å². The Morgan fingerprint density at radius 2 is 1.58 bits per heavy atom. The molecule has 0 atom stereocenters. The van der Waals surface area contributed by atoms with Gasteiger partial charge in [-0.15, -0.1) is 0 Å². The predicted molar refractivity (Wildman–Crippen MR) is 75.2 cm³/mol. The first kappa shape index (κ1) is 15.8. The lowest BCUT2D eigenvalue weighted by molar-refractivity contribution is 0.108. The molecule has 0 amide bonds. The van der Waals surface area contributed by atoms with Gasteiger partial charge in [0.25, 0.3) is 5.24 Å². The van der Waals surface area contributed by atoms with Gasteiger partial charge in [0.2, 0.25) is 11.8 Å². The lowest BCUT2D eigenvalue weighted by Crippen LogP contribution is -2.04. The zero-order valence-corrected chi connectivity index (χ0v) is 12.2. The molecule has 106 valence electrons. The molecular weight excluding hydrogens is 266 g/mol. The molecule has 0 N–H and O–H groups in total. The number of aromatic nitrogens is 1. The molecule has 5 heteroatoms. The Hall–Kier alpha value is -1.29. The molecule has 0 aliphatic heterocycles. The molecule has 0 saturated heterocycles. The molecule has 0 unspecified atom stereocenters. The Morgan fingerprint density at radius 3 is 1.95 bits per heavy atom. The van der Waals surface area contributed by atoms with Gasteiger partial charge in [-0.1, -0.05) is 26.7 Å². The van der Waals surface area contributed by atoms with E-state index in [0.717, 1.165) is 25.7 Å². The van der Waals surface area contributed by atoms with Crippen LogP contribution in [0.5, 0.6) is 11.8 Å². The van der Waals surface area contributed by atoms with E-state index in [1.807, 2.05) is 0 Å². The summed E-state index contributed by atoms with van der Waals surface area (Å²) < 4.78 is 11.0. The first-order valence-electron chi connectivity index (χ1n) is 6.64. The van der Waals surface area contributed by atoms with Gasteiger partial charge < -0.3 is 9.47 Å². The number of ether oxygens (including phenoxy) is 2. The van der Waals surface area contributed by atoms with E-state index < -0.39 is 5.24 Å². The summed E-state index contributed by atoms with van der Waals surface area (Å²) >= 11 is 5.49. The molecule has 0 aliphatic carbocycles. The van der Waals surface area contributed by atoms with E-state index in [4.69, 9.17) is 21.1 Å². The zero-order chi connectivity index (χ0) is 14.1. The largest absolute Gasteiger partial charge is 0.478 e. The minimum atomic E-state index is -0.539. The van der Waals surface area contributed by atoms with Crippen molar-refractivity contribution in [2.45, 2.75) is 39.5 Å². The minimum absolute atomic E-state index is 0.342. The van der Waals surface area contributed by atoms with Crippen LogP contribution in [0.25, 0.3) is 0 Å². The second kappa shape index (κ2) is 8.75. The van der Waals surface area contributed by atoms with Crippen molar-refractivity contribution in [1.29, 1.82) is 0 Å². The standard InChI is InChI=1S/C14H20ClNO3/c1-3-5-7-18-12-9-11(14(15)17)10-13(16-12)19-8-6-4-2/h9-10H,3-8H2,1-2H3. The maximum absolute atomic E-state index is 11.2. The number of unbranched alkanes of at least 4 members (excludes halogenated alkanes) is 2.